The average Bonchev–Trinajstić information content (AvgIpc) is 2.01. The van der Waals surface area contributed by atoms with Gasteiger partial charge in [-0.25, -0.2) is 0 Å². The van der Waals surface area contributed by atoms with E-state index >= 15 is 0 Å². The topological polar surface area (TPSA) is 98.0 Å². The Morgan fingerprint density at radius 2 is 0.611 bits per heavy atom. The molecule has 104 valence electrons. The SMILES string of the molecule is OC(=S)[S-].OC(=S)[S-].OC(=S)[S-].OC(=S)[S-].[O]=[Mo+4]. The van der Waals surface area contributed by atoms with E-state index in [2.05, 4.69) is 99.4 Å². The zero-order chi connectivity index (χ0) is 16.3. The van der Waals surface area contributed by atoms with E-state index < -0.39 is 17.5 Å². The first-order chi connectivity index (χ1) is 7.93. The van der Waals surface area contributed by atoms with Gasteiger partial charge in [-0.3, -0.25) is 0 Å². The van der Waals surface area contributed by atoms with Crippen molar-refractivity contribution < 1.29 is 43.6 Å². The van der Waals surface area contributed by atoms with Gasteiger partial charge >= 0.3 is 23.2 Å². The molecule has 0 radical (unpaired) electrons. The van der Waals surface area contributed by atoms with Crippen molar-refractivity contribution in [1.29, 1.82) is 0 Å². The number of hydrogen-bond donors (Lipinski definition) is 4. The molecule has 0 amide bonds. The Hall–Kier alpha value is 0.928. The van der Waals surface area contributed by atoms with E-state index in [0.29, 0.717) is 19.8 Å². The van der Waals surface area contributed by atoms with Gasteiger partial charge in [0.05, 0.1) is 0 Å². The van der Waals surface area contributed by atoms with Gasteiger partial charge in [0.2, 0.25) is 0 Å². The van der Waals surface area contributed by atoms with Gasteiger partial charge in [0, 0.05) is 17.5 Å². The van der Waals surface area contributed by atoms with E-state index in [4.69, 9.17) is 23.8 Å². The molecule has 0 saturated carbocycles. The molecule has 0 aromatic heterocycles. The van der Waals surface area contributed by atoms with Gasteiger partial charge < -0.3 is 120 Å². The Morgan fingerprint density at radius 1 is 0.611 bits per heavy atom. The molecule has 4 N–H and O–H groups in total. The molecule has 0 atom stereocenters. The average molecular weight is 485 g/mol. The zero-order valence-electron chi connectivity index (χ0n) is 7.87. The molecule has 0 fully saturated rings. The quantitative estimate of drug-likeness (QED) is 0.227. The molecule has 0 aromatic carbocycles. The molecule has 0 bridgehead atoms. The molecule has 18 heavy (non-hydrogen) atoms. The molecular weight excluding hydrogens is 481 g/mol. The van der Waals surface area contributed by atoms with Crippen LogP contribution < -0.4 is 0 Å². The summed E-state index contributed by atoms with van der Waals surface area (Å²) >= 11 is 32.0. The third-order valence-corrected chi connectivity index (χ3v) is 0. The molecular formula is C4H4MoO5S8. The van der Waals surface area contributed by atoms with Crippen LogP contribution in [-0.2, 0) is 73.7 Å². The summed E-state index contributed by atoms with van der Waals surface area (Å²) in [7, 11) is 0. The van der Waals surface area contributed by atoms with Crippen molar-refractivity contribution in [3.05, 3.63) is 0 Å². The van der Waals surface area contributed by atoms with Crippen LogP contribution in [0.2, 0.25) is 0 Å². The number of aliphatic hydroxyl groups is 4. The second kappa shape index (κ2) is 30.7. The summed E-state index contributed by atoms with van der Waals surface area (Å²) in [6.45, 7) is 0. The van der Waals surface area contributed by atoms with Gasteiger partial charge in [0.25, 0.3) is 0 Å². The third-order valence-electron chi connectivity index (χ3n) is 0. The van der Waals surface area contributed by atoms with Gasteiger partial charge in [0.1, 0.15) is 0 Å². The van der Waals surface area contributed by atoms with Gasteiger partial charge in [-0.2, -0.15) is 0 Å². The summed E-state index contributed by atoms with van der Waals surface area (Å²) in [6.07, 6.45) is 0. The van der Waals surface area contributed by atoms with Crippen molar-refractivity contribution >= 4 is 117 Å². The van der Waals surface area contributed by atoms with Crippen LogP contribution in [0.1, 0.15) is 0 Å². The molecule has 0 aromatic rings. The fourth-order valence-corrected chi connectivity index (χ4v) is 0. The second-order valence-electron chi connectivity index (χ2n) is 1.06. The Labute approximate surface area is 159 Å². The molecule has 0 aliphatic carbocycles. The predicted octanol–water partition coefficient (Wildman–Crippen LogP) is 1.38. The summed E-state index contributed by atoms with van der Waals surface area (Å²) in [5.41, 5.74) is 0. The number of aliphatic hydroxyl groups excluding tert-OH is 4. The van der Waals surface area contributed by atoms with Crippen LogP contribution in [0.3, 0.4) is 0 Å². The summed E-state index contributed by atoms with van der Waals surface area (Å²) in [5.74, 6) is 0. The summed E-state index contributed by atoms with van der Waals surface area (Å²) in [5, 5.41) is 30.4. The minimum atomic E-state index is -0.417. The summed E-state index contributed by atoms with van der Waals surface area (Å²) in [6, 6.07) is 0. The van der Waals surface area contributed by atoms with E-state index in [1.165, 1.54) is 0 Å². The van der Waals surface area contributed by atoms with Crippen molar-refractivity contribution in [1.82, 2.24) is 0 Å². The van der Waals surface area contributed by atoms with Gasteiger partial charge in [0.15, 0.2) is 0 Å². The van der Waals surface area contributed by atoms with Gasteiger partial charge in [-0.1, -0.05) is 0 Å². The van der Waals surface area contributed by atoms with Crippen molar-refractivity contribution in [3.8, 4) is 0 Å². The van der Waals surface area contributed by atoms with E-state index in [-0.39, 0.29) is 0 Å². The standard InChI is InChI=1S/4CH2OS2.Mo.O/c4*2-1(3)4;;/h4*(H2,2,3,4);;/q;;;;+4;/p-4. The molecule has 0 aliphatic rings. The first-order valence-corrected chi connectivity index (χ1v) is 6.78. The monoisotopic (exact) mass is 486 g/mol. The maximum absolute atomic E-state index is 8.26. The molecule has 5 nitrogen and oxygen atoms in total. The molecule has 0 saturated heterocycles. The van der Waals surface area contributed by atoms with E-state index in [9.17, 15) is 0 Å². The number of rotatable bonds is 0. The van der Waals surface area contributed by atoms with Crippen LogP contribution >= 0.6 is 48.9 Å². The first kappa shape index (κ1) is 31.4. The molecule has 14 heteroatoms. The van der Waals surface area contributed by atoms with Crippen LogP contribution in [0.25, 0.3) is 0 Å². The van der Waals surface area contributed by atoms with E-state index in [1.807, 2.05) is 0 Å². The third kappa shape index (κ3) is 4980. The van der Waals surface area contributed by atoms with Crippen LogP contribution in [0, 0.1) is 0 Å². The number of thiocarbonyl (C=S) groups is 4. The van der Waals surface area contributed by atoms with Crippen molar-refractivity contribution in [2.75, 3.05) is 0 Å². The second-order valence-corrected chi connectivity index (χ2v) is 5.19. The van der Waals surface area contributed by atoms with E-state index in [0.717, 1.165) is 0 Å². The molecule has 0 unspecified atom stereocenters. The molecule has 0 spiro atoms. The van der Waals surface area contributed by atoms with Gasteiger partial charge in [-0.05, 0) is 0 Å². The van der Waals surface area contributed by atoms with Crippen LogP contribution in [0.4, 0.5) is 0 Å². The van der Waals surface area contributed by atoms with Crippen LogP contribution in [-0.4, -0.2) is 38.0 Å². The fourth-order valence-electron chi connectivity index (χ4n) is 0. The van der Waals surface area contributed by atoms with Crippen molar-refractivity contribution in [2.24, 2.45) is 0 Å². The molecule has 0 heterocycles. The summed E-state index contributed by atoms with van der Waals surface area (Å²) in [4.78, 5) is 0. The fraction of sp³-hybridized carbons (Fsp3) is 0. The first-order valence-electron chi connectivity index (χ1n) is 2.69. The van der Waals surface area contributed by atoms with Crippen molar-refractivity contribution in [2.45, 2.75) is 0 Å². The van der Waals surface area contributed by atoms with Gasteiger partial charge in [-0.15, -0.1) is 0 Å². The summed E-state index contributed by atoms with van der Waals surface area (Å²) < 4.78 is 6.59. The Balaban J connectivity index is -0.0000000399. The normalized spacial score (nSPS) is 5.67. The molecule has 0 rings (SSSR count). The number of hydrogen-bond acceptors (Lipinski definition) is 9. The van der Waals surface area contributed by atoms with Crippen molar-refractivity contribution in [3.63, 3.8) is 0 Å². The zero-order valence-corrected chi connectivity index (χ0v) is 16.4. The Bertz CT molecular complexity index is 184. The molecule has 0 aliphatic heterocycles. The minimum absolute atomic E-state index is 0.417. The maximum atomic E-state index is 8.26. The Morgan fingerprint density at radius 3 is 0.611 bits per heavy atom. The van der Waals surface area contributed by atoms with Crippen LogP contribution in [0.5, 0.6) is 0 Å². The predicted molar refractivity (Wildman–Crippen MR) is 91.1 cm³/mol. The Kier molecular flexibility index (Phi) is 53.6. The van der Waals surface area contributed by atoms with E-state index in [1.54, 1.807) is 0 Å². The van der Waals surface area contributed by atoms with Crippen LogP contribution in [0.15, 0.2) is 0 Å².